The van der Waals surface area contributed by atoms with Gasteiger partial charge < -0.3 is 41.3 Å². The molecule has 3 aromatic rings. The zero-order valence-electron chi connectivity index (χ0n) is 28.7. The summed E-state index contributed by atoms with van der Waals surface area (Å²) in [5, 5.41) is 62.4. The number of phenols is 1. The Balaban J connectivity index is 1.14. The molecule has 0 radical (unpaired) electrons. The molecule has 15 heteroatoms. The van der Waals surface area contributed by atoms with Crippen LogP contribution in [0.25, 0.3) is 11.1 Å². The second kappa shape index (κ2) is 12.8. The first-order valence-corrected chi connectivity index (χ1v) is 17.1. The lowest BCUT2D eigenvalue weighted by molar-refractivity contribution is -0.162. The number of hydrogen-bond donors (Lipinski definition) is 8. The van der Waals surface area contributed by atoms with Crippen molar-refractivity contribution in [2.75, 3.05) is 26.0 Å². The van der Waals surface area contributed by atoms with Crippen molar-refractivity contribution in [3.05, 3.63) is 106 Å². The molecule has 3 aromatic carbocycles. The lowest BCUT2D eigenvalue weighted by Gasteiger charge is -2.53. The van der Waals surface area contributed by atoms with Crippen LogP contribution in [0.1, 0.15) is 45.8 Å². The van der Waals surface area contributed by atoms with E-state index in [-0.39, 0.29) is 34.5 Å². The maximum Gasteiger partial charge on any atom is 0.413 e. The molecule has 9 N–H and O–H groups in total. The predicted molar refractivity (Wildman–Crippen MR) is 194 cm³/mol. The highest BCUT2D eigenvalue weighted by Crippen LogP contribution is 2.56. The Hall–Kier alpha value is -5.61. The van der Waals surface area contributed by atoms with E-state index in [9.17, 15) is 44.7 Å². The minimum absolute atomic E-state index is 0.0198. The molecule has 0 fully saturated rings. The fraction of sp³-hybridized carbons (Fsp3) is 0.289. The van der Waals surface area contributed by atoms with Crippen molar-refractivity contribution in [3.63, 3.8) is 0 Å². The molecule has 0 spiro atoms. The predicted octanol–water partition coefficient (Wildman–Crippen LogP) is 2.89. The van der Waals surface area contributed by atoms with Crippen LogP contribution >= 0.6 is 12.2 Å². The molecule has 0 heterocycles. The highest BCUT2D eigenvalue weighted by Gasteiger charge is 2.67. The number of nitrogens with zero attached hydrogens (tertiary/aromatic N) is 1. The van der Waals surface area contributed by atoms with Crippen molar-refractivity contribution in [2.24, 2.45) is 17.6 Å². The monoisotopic (exact) mass is 740 g/mol. The Morgan fingerprint density at radius 1 is 0.962 bits per heavy atom. The number of nitrogens with two attached hydrogens (primary N) is 1. The van der Waals surface area contributed by atoms with Crippen molar-refractivity contribution in [3.8, 4) is 16.9 Å². The van der Waals surface area contributed by atoms with Crippen molar-refractivity contribution in [1.29, 1.82) is 0 Å². The van der Waals surface area contributed by atoms with Gasteiger partial charge in [0.2, 0.25) is 5.78 Å². The number of anilines is 1. The summed E-state index contributed by atoms with van der Waals surface area (Å²) in [6, 6.07) is 17.2. The van der Waals surface area contributed by atoms with Crippen LogP contribution in [-0.2, 0) is 14.3 Å². The van der Waals surface area contributed by atoms with Gasteiger partial charge in [0.05, 0.1) is 29.3 Å². The number of Topliss-reactive ketones (excluding diaryl/α,β-unsaturated/α-hetero) is 2. The molecule has 2 unspecified atom stereocenters. The number of fused-ring (bicyclic) bond motifs is 6. The van der Waals surface area contributed by atoms with Gasteiger partial charge >= 0.3 is 6.09 Å². The van der Waals surface area contributed by atoms with Gasteiger partial charge in [-0.25, -0.2) is 4.79 Å². The van der Waals surface area contributed by atoms with E-state index in [1.165, 1.54) is 31.1 Å². The molecule has 0 aliphatic heterocycles. The fourth-order valence-electron chi connectivity index (χ4n) is 8.60. The van der Waals surface area contributed by atoms with E-state index in [4.69, 9.17) is 22.7 Å². The van der Waals surface area contributed by atoms with E-state index in [0.717, 1.165) is 22.3 Å². The van der Waals surface area contributed by atoms with Gasteiger partial charge in [-0.1, -0.05) is 61.5 Å². The Labute approximate surface area is 308 Å². The van der Waals surface area contributed by atoms with Gasteiger partial charge in [0.25, 0.3) is 5.91 Å². The highest BCUT2D eigenvalue weighted by molar-refractivity contribution is 7.80. The number of amides is 2. The molecular formula is C38H36N4O10S. The minimum atomic E-state index is -3.04. The van der Waals surface area contributed by atoms with Crippen molar-refractivity contribution >= 4 is 46.6 Å². The summed E-state index contributed by atoms with van der Waals surface area (Å²) in [6.07, 6.45) is -2.59. The number of aliphatic hydroxyl groups is 4. The SMILES string of the molecule is C[C@H]1c2ccc(NC(=S)NC(=O)OCC3c4ccccc4-c4ccccc43)c(O)c2C(=O)C2=C(O)[C@]3(O)C(=O)C(C(N)=O)=C(O)[C@@H](N(C)C)C3[C@@H](O)C21. The number of phenolic OH excluding ortho intramolecular Hbond substituents is 1. The molecule has 2 amide bonds. The number of thiocarbonyl (C=S) groups is 1. The standard InChI is InChI=1S/C38H36N4O10S/c1-15-16-12-13-22(40-36(53)41-37(50)52-14-21-19-10-6-4-8-17(19)18-9-5-7-11-20(18)21)29(43)24(16)30(44)25-23(15)31(45)27-28(42(2)3)32(46)26(35(39)49)34(48)38(27,51)33(25)47/h4-13,15,21,23,27-28,31,43,45-47,51H,14H2,1-3H3,(H2,39,49)(H2,40,41,50,53)/t15-,23?,27?,28-,31-,38-/m0/s1. The number of primary amides is 1. The lowest BCUT2D eigenvalue weighted by atomic mass is 9.55. The zero-order valence-corrected chi connectivity index (χ0v) is 29.5. The van der Waals surface area contributed by atoms with E-state index >= 15 is 0 Å². The van der Waals surface area contributed by atoms with E-state index < -0.39 is 87.5 Å². The van der Waals surface area contributed by atoms with Gasteiger partial charge in [-0.05, 0) is 66.1 Å². The third kappa shape index (κ3) is 5.22. The second-order valence-electron chi connectivity index (χ2n) is 13.9. The Bertz CT molecular complexity index is 2170. The van der Waals surface area contributed by atoms with Crippen LogP contribution in [0.2, 0.25) is 0 Å². The molecule has 53 heavy (non-hydrogen) atoms. The van der Waals surface area contributed by atoms with Crippen LogP contribution in [0.5, 0.6) is 5.75 Å². The summed E-state index contributed by atoms with van der Waals surface area (Å²) in [5.41, 5.74) is 4.80. The number of likely N-dealkylation sites (N-methyl/N-ethyl adjacent to an activating group) is 1. The number of hydrogen-bond acceptors (Lipinski definition) is 12. The first-order valence-electron chi connectivity index (χ1n) is 16.7. The number of aliphatic hydroxyl groups excluding tert-OH is 3. The molecular weight excluding hydrogens is 705 g/mol. The van der Waals surface area contributed by atoms with Crippen LogP contribution in [0, 0.1) is 11.8 Å². The average Bonchev–Trinajstić information content (AvgIpc) is 3.43. The Morgan fingerprint density at radius 3 is 2.15 bits per heavy atom. The summed E-state index contributed by atoms with van der Waals surface area (Å²) in [7, 11) is 2.92. The van der Waals surface area contributed by atoms with E-state index in [1.807, 2.05) is 48.5 Å². The number of aromatic hydroxyl groups is 1. The Morgan fingerprint density at radius 2 is 1.57 bits per heavy atom. The third-order valence-electron chi connectivity index (χ3n) is 10.9. The normalized spacial score (nSPS) is 26.0. The van der Waals surface area contributed by atoms with Crippen molar-refractivity contribution in [2.45, 2.75) is 36.5 Å². The second-order valence-corrected chi connectivity index (χ2v) is 14.3. The van der Waals surface area contributed by atoms with Crippen molar-refractivity contribution in [1.82, 2.24) is 10.2 Å². The summed E-state index contributed by atoms with van der Waals surface area (Å²) >= 11 is 5.31. The molecule has 0 saturated carbocycles. The van der Waals surface area contributed by atoms with E-state index in [2.05, 4.69) is 10.6 Å². The van der Waals surface area contributed by atoms with Crippen LogP contribution in [-0.4, -0.2) is 97.6 Å². The molecule has 0 aromatic heterocycles. The summed E-state index contributed by atoms with van der Waals surface area (Å²) < 4.78 is 5.54. The largest absolute Gasteiger partial charge is 0.510 e. The van der Waals surface area contributed by atoms with Gasteiger partial charge in [-0.15, -0.1) is 0 Å². The zero-order chi connectivity index (χ0) is 38.3. The quantitative estimate of drug-likeness (QED) is 0.107. The molecule has 0 saturated heterocycles. The molecule has 14 nitrogen and oxygen atoms in total. The number of ketones is 2. The summed E-state index contributed by atoms with van der Waals surface area (Å²) in [5.74, 6) is -10.3. The van der Waals surface area contributed by atoms with Gasteiger partial charge in [0.15, 0.2) is 22.2 Å². The number of carbonyl (C=O) groups is 4. The molecule has 7 rings (SSSR count). The maximum atomic E-state index is 14.2. The maximum absolute atomic E-state index is 14.2. The number of alkyl carbamates (subject to hydrolysis) is 1. The number of benzene rings is 3. The van der Waals surface area contributed by atoms with Crippen LogP contribution in [0.15, 0.2) is 83.3 Å². The fourth-order valence-corrected chi connectivity index (χ4v) is 8.80. The highest BCUT2D eigenvalue weighted by atomic mass is 32.1. The molecule has 4 aliphatic rings. The van der Waals surface area contributed by atoms with Gasteiger partial charge in [0, 0.05) is 17.4 Å². The van der Waals surface area contributed by atoms with Crippen LogP contribution < -0.4 is 16.4 Å². The summed E-state index contributed by atoms with van der Waals surface area (Å²) in [6.45, 7) is 1.64. The number of rotatable bonds is 5. The molecule has 4 aliphatic carbocycles. The first-order chi connectivity index (χ1) is 25.1. The lowest BCUT2D eigenvalue weighted by Crippen LogP contribution is -2.68. The Kier molecular flexibility index (Phi) is 8.64. The molecule has 274 valence electrons. The number of nitrogens with one attached hydrogen (secondary N) is 2. The van der Waals surface area contributed by atoms with Crippen LogP contribution in [0.4, 0.5) is 10.5 Å². The minimum Gasteiger partial charge on any atom is -0.510 e. The van der Waals surface area contributed by atoms with Crippen molar-refractivity contribution < 1.29 is 49.4 Å². The summed E-state index contributed by atoms with van der Waals surface area (Å²) in [4.78, 5) is 54.2. The van der Waals surface area contributed by atoms with Gasteiger partial charge in [0.1, 0.15) is 23.7 Å². The van der Waals surface area contributed by atoms with Crippen LogP contribution in [0.3, 0.4) is 0 Å². The van der Waals surface area contributed by atoms with E-state index in [0.29, 0.717) is 0 Å². The molecule has 0 bridgehead atoms. The number of carbonyl (C=O) groups excluding carboxylic acids is 4. The first kappa shape index (κ1) is 35.8. The molecule has 6 atom stereocenters. The smallest absolute Gasteiger partial charge is 0.413 e. The van der Waals surface area contributed by atoms with Gasteiger partial charge in [-0.3, -0.25) is 24.6 Å². The average molecular weight is 741 g/mol. The van der Waals surface area contributed by atoms with E-state index in [1.54, 1.807) is 6.92 Å². The topological polar surface area (TPSA) is 232 Å². The van der Waals surface area contributed by atoms with Gasteiger partial charge in [-0.2, -0.15) is 0 Å². The number of ether oxygens (including phenoxy) is 1. The third-order valence-corrected chi connectivity index (χ3v) is 11.1.